The maximum atomic E-state index is 13.0. The first-order valence-electron chi connectivity index (χ1n) is 8.69. The Balaban J connectivity index is 2.48. The lowest BCUT2D eigenvalue weighted by Crippen LogP contribution is -2.47. The number of nitrogens with zero attached hydrogens (tertiary/aromatic N) is 1. The van der Waals surface area contributed by atoms with Crippen LogP contribution in [0.3, 0.4) is 0 Å². The summed E-state index contributed by atoms with van der Waals surface area (Å²) in [6.07, 6.45) is 1.45. The van der Waals surface area contributed by atoms with E-state index >= 15 is 0 Å². The molecular formula is C20H25ClN2O3S. The van der Waals surface area contributed by atoms with Gasteiger partial charge in [0.05, 0.1) is 11.9 Å². The Kier molecular flexibility index (Phi) is 6.54. The Morgan fingerprint density at radius 1 is 1.19 bits per heavy atom. The summed E-state index contributed by atoms with van der Waals surface area (Å²) in [5, 5.41) is 3.37. The summed E-state index contributed by atoms with van der Waals surface area (Å²) in [5.74, 6) is -0.394. The van der Waals surface area contributed by atoms with Gasteiger partial charge in [-0.25, -0.2) is 8.42 Å². The van der Waals surface area contributed by atoms with Crippen molar-refractivity contribution in [2.24, 2.45) is 0 Å². The number of benzene rings is 2. The van der Waals surface area contributed by atoms with Crippen LogP contribution in [0, 0.1) is 20.8 Å². The average molecular weight is 409 g/mol. The van der Waals surface area contributed by atoms with Crippen LogP contribution in [0.5, 0.6) is 0 Å². The zero-order valence-corrected chi connectivity index (χ0v) is 17.8. The van der Waals surface area contributed by atoms with Crippen LogP contribution in [0.15, 0.2) is 36.4 Å². The second-order valence-corrected chi connectivity index (χ2v) is 8.94. The maximum Gasteiger partial charge on any atom is 0.248 e. The Hall–Kier alpha value is -2.05. The SMILES string of the molecule is CC[C@@H](C(=O)Nc1cccc(Cl)c1C)N(c1cc(C)ccc1C)S(C)(=O)=O. The van der Waals surface area contributed by atoms with E-state index in [9.17, 15) is 13.2 Å². The van der Waals surface area contributed by atoms with E-state index in [2.05, 4.69) is 5.32 Å². The number of carbonyl (C=O) groups is 1. The normalized spacial score (nSPS) is 12.5. The number of hydrogen-bond acceptors (Lipinski definition) is 3. The minimum atomic E-state index is -3.68. The summed E-state index contributed by atoms with van der Waals surface area (Å²) in [5.41, 5.74) is 3.53. The van der Waals surface area contributed by atoms with Gasteiger partial charge in [0.25, 0.3) is 0 Å². The molecule has 27 heavy (non-hydrogen) atoms. The van der Waals surface area contributed by atoms with Crippen molar-refractivity contribution in [3.05, 3.63) is 58.1 Å². The van der Waals surface area contributed by atoms with Gasteiger partial charge in [-0.2, -0.15) is 0 Å². The van der Waals surface area contributed by atoms with Crippen LogP contribution in [-0.4, -0.2) is 26.6 Å². The third kappa shape index (κ3) is 4.82. The molecule has 0 aliphatic rings. The molecule has 0 saturated carbocycles. The van der Waals surface area contributed by atoms with Crippen LogP contribution in [-0.2, 0) is 14.8 Å². The summed E-state index contributed by atoms with van der Waals surface area (Å²) in [6, 6.07) is 9.91. The van der Waals surface area contributed by atoms with E-state index in [1.165, 1.54) is 4.31 Å². The second kappa shape index (κ2) is 8.31. The topological polar surface area (TPSA) is 66.5 Å². The Bertz CT molecular complexity index is 958. The van der Waals surface area contributed by atoms with E-state index in [4.69, 9.17) is 11.6 Å². The quantitative estimate of drug-likeness (QED) is 0.767. The van der Waals surface area contributed by atoms with Gasteiger partial charge in [0.1, 0.15) is 6.04 Å². The summed E-state index contributed by atoms with van der Waals surface area (Å²) in [6.45, 7) is 7.31. The Labute approximate surface area is 166 Å². The molecule has 0 aliphatic carbocycles. The number of sulfonamides is 1. The number of amides is 1. The monoisotopic (exact) mass is 408 g/mol. The highest BCUT2D eigenvalue weighted by Gasteiger charge is 2.32. The first-order valence-corrected chi connectivity index (χ1v) is 10.9. The molecule has 1 N–H and O–H groups in total. The third-order valence-corrected chi connectivity index (χ3v) is 6.03. The molecule has 2 aromatic rings. The van der Waals surface area contributed by atoms with E-state index in [1.807, 2.05) is 26.0 Å². The smallest absolute Gasteiger partial charge is 0.248 e. The van der Waals surface area contributed by atoms with Crippen LogP contribution < -0.4 is 9.62 Å². The number of hydrogen-bond donors (Lipinski definition) is 1. The van der Waals surface area contributed by atoms with Crippen molar-refractivity contribution in [1.82, 2.24) is 0 Å². The van der Waals surface area contributed by atoms with Gasteiger partial charge in [-0.1, -0.05) is 36.7 Å². The fourth-order valence-corrected chi connectivity index (χ4v) is 4.39. The zero-order valence-electron chi connectivity index (χ0n) is 16.2. The van der Waals surface area contributed by atoms with Crippen LogP contribution in [0.2, 0.25) is 5.02 Å². The molecular weight excluding hydrogens is 384 g/mol. The van der Waals surface area contributed by atoms with Crippen molar-refractivity contribution >= 4 is 38.9 Å². The molecule has 0 unspecified atom stereocenters. The molecule has 146 valence electrons. The molecule has 0 fully saturated rings. The fourth-order valence-electron chi connectivity index (χ4n) is 2.95. The first kappa shape index (κ1) is 21.3. The van der Waals surface area contributed by atoms with Gasteiger partial charge in [-0.3, -0.25) is 9.10 Å². The number of halogens is 1. The van der Waals surface area contributed by atoms with Crippen LogP contribution in [0.1, 0.15) is 30.0 Å². The molecule has 0 heterocycles. The average Bonchev–Trinajstić information content (AvgIpc) is 2.58. The van der Waals surface area contributed by atoms with Gasteiger partial charge in [-0.15, -0.1) is 0 Å². The van der Waals surface area contributed by atoms with E-state index in [1.54, 1.807) is 38.1 Å². The van der Waals surface area contributed by atoms with Crippen molar-refractivity contribution in [2.45, 2.75) is 40.2 Å². The van der Waals surface area contributed by atoms with E-state index in [0.29, 0.717) is 22.8 Å². The summed E-state index contributed by atoms with van der Waals surface area (Å²) in [4.78, 5) is 13.0. The number of anilines is 2. The molecule has 2 aromatic carbocycles. The van der Waals surface area contributed by atoms with Gasteiger partial charge < -0.3 is 5.32 Å². The molecule has 0 aromatic heterocycles. The highest BCUT2D eigenvalue weighted by Crippen LogP contribution is 2.29. The minimum Gasteiger partial charge on any atom is -0.324 e. The Morgan fingerprint density at radius 3 is 2.44 bits per heavy atom. The molecule has 0 aliphatic heterocycles. The van der Waals surface area contributed by atoms with Gasteiger partial charge in [0.15, 0.2) is 0 Å². The lowest BCUT2D eigenvalue weighted by Gasteiger charge is -2.31. The first-order chi connectivity index (χ1) is 12.6. The van der Waals surface area contributed by atoms with Crippen LogP contribution in [0.4, 0.5) is 11.4 Å². The van der Waals surface area contributed by atoms with Gasteiger partial charge in [0.2, 0.25) is 15.9 Å². The maximum absolute atomic E-state index is 13.0. The number of aryl methyl sites for hydroxylation is 2. The van der Waals surface area contributed by atoms with Crippen LogP contribution >= 0.6 is 11.6 Å². The summed E-state index contributed by atoms with van der Waals surface area (Å²) < 4.78 is 26.4. The molecule has 0 bridgehead atoms. The second-order valence-electron chi connectivity index (χ2n) is 6.67. The predicted octanol–water partition coefficient (Wildman–Crippen LogP) is 4.45. The highest BCUT2D eigenvalue weighted by atomic mass is 35.5. The standard InChI is InChI=1S/C20H25ClN2O3S/c1-6-18(20(24)22-17-9-7-8-16(21)15(17)4)23(27(5,25)26)19-12-13(2)10-11-14(19)3/h7-12,18H,6H2,1-5H3,(H,22,24)/t18-/m0/s1. The van der Waals surface area contributed by atoms with Crippen molar-refractivity contribution < 1.29 is 13.2 Å². The predicted molar refractivity (Wildman–Crippen MR) is 112 cm³/mol. The largest absolute Gasteiger partial charge is 0.324 e. The lowest BCUT2D eigenvalue weighted by molar-refractivity contribution is -0.117. The van der Waals surface area contributed by atoms with Crippen molar-refractivity contribution in [3.8, 4) is 0 Å². The van der Waals surface area contributed by atoms with Crippen molar-refractivity contribution in [1.29, 1.82) is 0 Å². The van der Waals surface area contributed by atoms with E-state index in [-0.39, 0.29) is 0 Å². The highest BCUT2D eigenvalue weighted by molar-refractivity contribution is 7.92. The minimum absolute atomic E-state index is 0.325. The number of nitrogens with one attached hydrogen (secondary N) is 1. The molecule has 0 radical (unpaired) electrons. The number of rotatable bonds is 6. The van der Waals surface area contributed by atoms with E-state index in [0.717, 1.165) is 22.9 Å². The fraction of sp³-hybridized carbons (Fsp3) is 0.350. The molecule has 7 heteroatoms. The van der Waals surface area contributed by atoms with Gasteiger partial charge in [-0.05, 0) is 62.1 Å². The van der Waals surface area contributed by atoms with Gasteiger partial charge >= 0.3 is 0 Å². The Morgan fingerprint density at radius 2 is 1.85 bits per heavy atom. The molecule has 2 rings (SSSR count). The molecule has 1 amide bonds. The van der Waals surface area contributed by atoms with Crippen molar-refractivity contribution in [2.75, 3.05) is 15.9 Å². The zero-order chi connectivity index (χ0) is 20.4. The lowest BCUT2D eigenvalue weighted by atomic mass is 10.1. The summed E-state index contributed by atoms with van der Waals surface area (Å²) in [7, 11) is -3.68. The third-order valence-electron chi connectivity index (χ3n) is 4.46. The molecule has 0 saturated heterocycles. The molecule has 5 nitrogen and oxygen atoms in total. The summed E-state index contributed by atoms with van der Waals surface area (Å²) >= 11 is 6.12. The van der Waals surface area contributed by atoms with E-state index < -0.39 is 22.0 Å². The van der Waals surface area contributed by atoms with Crippen molar-refractivity contribution in [3.63, 3.8) is 0 Å². The number of carbonyl (C=O) groups excluding carboxylic acids is 1. The molecule has 0 spiro atoms. The van der Waals surface area contributed by atoms with Gasteiger partial charge in [0, 0.05) is 10.7 Å². The molecule has 1 atom stereocenters. The van der Waals surface area contributed by atoms with Crippen LogP contribution in [0.25, 0.3) is 0 Å².